The quantitative estimate of drug-likeness (QED) is 0.142. The fourth-order valence-corrected chi connectivity index (χ4v) is 9.29. The normalized spacial score (nSPS) is 11.6. The van der Waals surface area contributed by atoms with Crippen LogP contribution in [0.1, 0.15) is 0 Å². The first-order valence-corrected chi connectivity index (χ1v) is 16.8. The average Bonchev–Trinajstić information content (AvgIpc) is 3.51. The molecule has 0 saturated carbocycles. The number of fused-ring (bicyclic) bond motifs is 7. The van der Waals surface area contributed by atoms with E-state index in [0.29, 0.717) is 17.5 Å². The number of aromatic nitrogens is 3. The molecule has 9 rings (SSSR count). The van der Waals surface area contributed by atoms with E-state index in [4.69, 9.17) is 15.0 Å². The Bertz CT molecular complexity index is 2540. The summed E-state index contributed by atoms with van der Waals surface area (Å²) in [5, 5.41) is 7.85. The van der Waals surface area contributed by atoms with Crippen LogP contribution in [0.15, 0.2) is 152 Å². The van der Waals surface area contributed by atoms with Gasteiger partial charge in [0, 0.05) is 0 Å². The van der Waals surface area contributed by atoms with Crippen molar-refractivity contribution >= 4 is 55.3 Å². The van der Waals surface area contributed by atoms with Gasteiger partial charge in [-0.2, -0.15) is 0 Å². The van der Waals surface area contributed by atoms with E-state index in [2.05, 4.69) is 127 Å². The van der Waals surface area contributed by atoms with E-state index in [1.54, 1.807) is 0 Å². The summed E-state index contributed by atoms with van der Waals surface area (Å²) in [7, 11) is 0. The standard InChI is InChI=1S/C41H25N3Se/c1-3-12-26(13-4-1)30-17-9-10-19-34(30)40-42-39(29-15-5-2-6-16-29)43-41(44-40)35-21-11-20-32-33-25-24-28-23-22-27-14-7-8-18-31(27)36(28)38(33)45-37(32)35/h1-25H. The second kappa shape index (κ2) is 10.6. The van der Waals surface area contributed by atoms with Crippen LogP contribution in [-0.4, -0.2) is 29.5 Å². The van der Waals surface area contributed by atoms with Gasteiger partial charge in [-0.3, -0.25) is 0 Å². The molecule has 4 heteroatoms. The van der Waals surface area contributed by atoms with E-state index < -0.39 is 0 Å². The van der Waals surface area contributed by atoms with E-state index >= 15 is 0 Å². The Labute approximate surface area is 266 Å². The van der Waals surface area contributed by atoms with Crippen molar-refractivity contribution in [2.75, 3.05) is 0 Å². The van der Waals surface area contributed by atoms with Gasteiger partial charge in [0.2, 0.25) is 0 Å². The van der Waals surface area contributed by atoms with Crippen molar-refractivity contribution in [3.8, 4) is 45.3 Å². The zero-order valence-electron chi connectivity index (χ0n) is 24.2. The number of rotatable bonds is 4. The third-order valence-corrected chi connectivity index (χ3v) is 11.2. The first kappa shape index (κ1) is 26.0. The van der Waals surface area contributed by atoms with Crippen molar-refractivity contribution in [1.82, 2.24) is 15.0 Å². The van der Waals surface area contributed by atoms with Gasteiger partial charge in [-0.05, 0) is 0 Å². The molecule has 0 aliphatic carbocycles. The Kier molecular flexibility index (Phi) is 6.15. The average molecular weight is 639 g/mol. The molecule has 0 N–H and O–H groups in total. The Morgan fingerprint density at radius 1 is 0.333 bits per heavy atom. The molecule has 9 aromatic rings. The molecular formula is C41H25N3Se. The van der Waals surface area contributed by atoms with Gasteiger partial charge < -0.3 is 0 Å². The van der Waals surface area contributed by atoms with Crippen LogP contribution in [0.4, 0.5) is 0 Å². The first-order chi connectivity index (χ1) is 22.3. The van der Waals surface area contributed by atoms with Gasteiger partial charge >= 0.3 is 267 Å². The van der Waals surface area contributed by atoms with Crippen molar-refractivity contribution in [3.63, 3.8) is 0 Å². The summed E-state index contributed by atoms with van der Waals surface area (Å²) in [5.41, 5.74) is 5.27. The predicted octanol–water partition coefficient (Wildman–Crippen LogP) is 10.2. The van der Waals surface area contributed by atoms with Crippen LogP contribution in [0, 0.1) is 0 Å². The summed E-state index contributed by atoms with van der Waals surface area (Å²) < 4.78 is 2.76. The van der Waals surface area contributed by atoms with E-state index in [0.717, 1.165) is 27.8 Å². The van der Waals surface area contributed by atoms with Crippen LogP contribution in [0.5, 0.6) is 0 Å². The predicted molar refractivity (Wildman–Crippen MR) is 189 cm³/mol. The Morgan fingerprint density at radius 2 is 0.889 bits per heavy atom. The topological polar surface area (TPSA) is 38.7 Å². The summed E-state index contributed by atoms with van der Waals surface area (Å²) in [6.07, 6.45) is 0. The summed E-state index contributed by atoms with van der Waals surface area (Å²) in [4.78, 5) is 15.4. The Hall–Kier alpha value is -5.41. The van der Waals surface area contributed by atoms with Crippen LogP contribution in [-0.2, 0) is 0 Å². The monoisotopic (exact) mass is 639 g/mol. The van der Waals surface area contributed by atoms with Crippen molar-refractivity contribution in [2.24, 2.45) is 0 Å². The van der Waals surface area contributed by atoms with Crippen LogP contribution < -0.4 is 0 Å². The zero-order valence-corrected chi connectivity index (χ0v) is 25.9. The molecule has 2 heterocycles. The SMILES string of the molecule is c1ccc(-c2nc(-c3ccccc3-c3ccccc3)nc(-c3cccc4c3[se]c3c4ccc4ccc5ccccc5c43)n2)cc1. The summed E-state index contributed by atoms with van der Waals surface area (Å²) in [5.74, 6) is 2.06. The minimum atomic E-state index is 0.0759. The number of hydrogen-bond acceptors (Lipinski definition) is 3. The molecule has 0 fully saturated rings. The van der Waals surface area contributed by atoms with Crippen LogP contribution in [0.2, 0.25) is 0 Å². The Morgan fingerprint density at radius 3 is 1.71 bits per heavy atom. The molecule has 0 saturated heterocycles. The van der Waals surface area contributed by atoms with Crippen molar-refractivity contribution in [1.29, 1.82) is 0 Å². The van der Waals surface area contributed by atoms with E-state index in [1.807, 2.05) is 24.3 Å². The number of benzene rings is 7. The summed E-state index contributed by atoms with van der Waals surface area (Å²) in [6.45, 7) is 0. The zero-order chi connectivity index (χ0) is 29.7. The molecule has 0 aliphatic heterocycles. The van der Waals surface area contributed by atoms with Crippen molar-refractivity contribution in [2.45, 2.75) is 0 Å². The first-order valence-electron chi connectivity index (χ1n) is 15.0. The Balaban J connectivity index is 1.33. The van der Waals surface area contributed by atoms with Crippen LogP contribution >= 0.6 is 0 Å². The molecule has 0 atom stereocenters. The van der Waals surface area contributed by atoms with Crippen LogP contribution in [0.25, 0.3) is 86.1 Å². The maximum atomic E-state index is 5.23. The molecule has 2 aromatic heterocycles. The molecule has 210 valence electrons. The van der Waals surface area contributed by atoms with Gasteiger partial charge in [0.15, 0.2) is 0 Å². The third kappa shape index (κ3) is 4.38. The summed E-state index contributed by atoms with van der Waals surface area (Å²) >= 11 is 0.0759. The molecule has 0 amide bonds. The molecule has 45 heavy (non-hydrogen) atoms. The van der Waals surface area contributed by atoms with Crippen LogP contribution in [0.3, 0.4) is 0 Å². The molecule has 0 radical (unpaired) electrons. The molecular weight excluding hydrogens is 613 g/mol. The second-order valence-electron chi connectivity index (χ2n) is 11.2. The van der Waals surface area contributed by atoms with Gasteiger partial charge in [0.1, 0.15) is 0 Å². The van der Waals surface area contributed by atoms with Crippen molar-refractivity contribution < 1.29 is 0 Å². The van der Waals surface area contributed by atoms with Gasteiger partial charge in [-0.1, -0.05) is 0 Å². The molecule has 3 nitrogen and oxygen atoms in total. The van der Waals surface area contributed by atoms with E-state index in [-0.39, 0.29) is 14.5 Å². The van der Waals surface area contributed by atoms with Gasteiger partial charge in [-0.15, -0.1) is 0 Å². The second-order valence-corrected chi connectivity index (χ2v) is 13.3. The molecule has 0 spiro atoms. The fraction of sp³-hybridized carbons (Fsp3) is 0. The molecule has 0 bridgehead atoms. The van der Waals surface area contributed by atoms with Gasteiger partial charge in [-0.25, -0.2) is 0 Å². The van der Waals surface area contributed by atoms with Gasteiger partial charge in [0.25, 0.3) is 0 Å². The minimum absolute atomic E-state index is 0.0759. The molecule has 0 unspecified atom stereocenters. The van der Waals surface area contributed by atoms with E-state index in [1.165, 1.54) is 40.8 Å². The fourth-order valence-electron chi connectivity index (χ4n) is 6.40. The van der Waals surface area contributed by atoms with E-state index in [9.17, 15) is 0 Å². The van der Waals surface area contributed by atoms with Crippen molar-refractivity contribution in [3.05, 3.63) is 152 Å². The maximum absolute atomic E-state index is 5.23. The number of nitrogens with zero attached hydrogens (tertiary/aromatic N) is 3. The third-order valence-electron chi connectivity index (χ3n) is 8.53. The van der Waals surface area contributed by atoms with Gasteiger partial charge in [0.05, 0.1) is 0 Å². The molecule has 0 aliphatic rings. The molecule has 7 aromatic carbocycles. The number of hydrogen-bond donors (Lipinski definition) is 0. The summed E-state index contributed by atoms with van der Waals surface area (Å²) in [6, 6.07) is 53.4.